The minimum atomic E-state index is -0.602. The Morgan fingerprint density at radius 1 is 0.972 bits per heavy atom. The van der Waals surface area contributed by atoms with Gasteiger partial charge in [0, 0.05) is 5.69 Å². The normalized spacial score (nSPS) is 10.6. The van der Waals surface area contributed by atoms with Crippen molar-refractivity contribution >= 4 is 29.3 Å². The molecule has 0 saturated carbocycles. The highest BCUT2D eigenvalue weighted by Crippen LogP contribution is 2.30. The van der Waals surface area contributed by atoms with Gasteiger partial charge in [-0.05, 0) is 67.1 Å². The van der Waals surface area contributed by atoms with Crippen molar-refractivity contribution in [2.75, 3.05) is 31.0 Å². The van der Waals surface area contributed by atoms with Gasteiger partial charge in [-0.25, -0.2) is 0 Å². The average molecular weight is 488 g/mol. The first-order chi connectivity index (χ1) is 17.4. The van der Waals surface area contributed by atoms with Crippen LogP contribution >= 0.6 is 0 Å². The molecule has 36 heavy (non-hydrogen) atoms. The number of nitriles is 1. The summed E-state index contributed by atoms with van der Waals surface area (Å²) in [6, 6.07) is 19.6. The zero-order valence-corrected chi connectivity index (χ0v) is 19.8. The predicted molar refractivity (Wildman–Crippen MR) is 135 cm³/mol. The van der Waals surface area contributed by atoms with Gasteiger partial charge in [0.2, 0.25) is 0 Å². The van der Waals surface area contributed by atoms with E-state index in [-0.39, 0.29) is 23.8 Å². The van der Waals surface area contributed by atoms with Crippen molar-refractivity contribution < 1.29 is 28.9 Å². The summed E-state index contributed by atoms with van der Waals surface area (Å²) in [4.78, 5) is 24.9. The second-order valence-electron chi connectivity index (χ2n) is 7.35. The maximum absolute atomic E-state index is 12.5. The van der Waals surface area contributed by atoms with Crippen LogP contribution in [-0.4, -0.2) is 37.2 Å². The third-order valence-corrected chi connectivity index (χ3v) is 4.81. The number of methoxy groups -OCH3 is 1. The van der Waals surface area contributed by atoms with E-state index in [9.17, 15) is 20.0 Å². The lowest BCUT2D eigenvalue weighted by Gasteiger charge is -2.14. The number of phenolic OH excluding ortho intramolecular Hbond substituents is 1. The fourth-order valence-electron chi connectivity index (χ4n) is 3.14. The van der Waals surface area contributed by atoms with Crippen LogP contribution in [0.25, 0.3) is 6.08 Å². The maximum atomic E-state index is 12.5. The molecule has 0 unspecified atom stereocenters. The van der Waals surface area contributed by atoms with Crippen molar-refractivity contribution in [2.24, 2.45) is 0 Å². The SMILES string of the molecule is CCOc1cc(C=C(C#N)C(=O)Nc2ccc(O)cc2)ccc1OCC(=O)Nc1ccccc1OC. The molecule has 3 aromatic rings. The lowest BCUT2D eigenvalue weighted by atomic mass is 10.1. The lowest BCUT2D eigenvalue weighted by Crippen LogP contribution is -2.20. The predicted octanol–water partition coefficient (Wildman–Crippen LogP) is 4.36. The zero-order chi connectivity index (χ0) is 25.9. The molecule has 0 saturated heterocycles. The summed E-state index contributed by atoms with van der Waals surface area (Å²) in [5, 5.41) is 24.2. The van der Waals surface area contributed by atoms with E-state index in [1.807, 2.05) is 6.07 Å². The van der Waals surface area contributed by atoms with Gasteiger partial charge in [-0.15, -0.1) is 0 Å². The highest BCUT2D eigenvalue weighted by Gasteiger charge is 2.13. The molecule has 0 spiro atoms. The summed E-state index contributed by atoms with van der Waals surface area (Å²) in [5.41, 5.74) is 1.36. The van der Waals surface area contributed by atoms with Gasteiger partial charge in [0.25, 0.3) is 11.8 Å². The average Bonchev–Trinajstić information content (AvgIpc) is 2.88. The molecule has 0 atom stereocenters. The Labute approximate surface area is 208 Å². The van der Waals surface area contributed by atoms with E-state index >= 15 is 0 Å². The van der Waals surface area contributed by atoms with Crippen LogP contribution in [0.5, 0.6) is 23.0 Å². The quantitative estimate of drug-likeness (QED) is 0.220. The number of benzene rings is 3. The van der Waals surface area contributed by atoms with E-state index in [0.717, 1.165) is 0 Å². The number of carbonyl (C=O) groups is 2. The van der Waals surface area contributed by atoms with E-state index in [1.165, 1.54) is 37.5 Å². The van der Waals surface area contributed by atoms with Gasteiger partial charge in [-0.2, -0.15) is 5.26 Å². The van der Waals surface area contributed by atoms with E-state index in [2.05, 4.69) is 10.6 Å². The number of carbonyl (C=O) groups excluding carboxylic acids is 2. The van der Waals surface area contributed by atoms with Gasteiger partial charge in [0.15, 0.2) is 18.1 Å². The fourth-order valence-corrected chi connectivity index (χ4v) is 3.14. The lowest BCUT2D eigenvalue weighted by molar-refractivity contribution is -0.118. The molecule has 184 valence electrons. The zero-order valence-electron chi connectivity index (χ0n) is 19.8. The Kier molecular flexibility index (Phi) is 8.89. The molecule has 0 bridgehead atoms. The molecule has 3 aromatic carbocycles. The molecule has 3 N–H and O–H groups in total. The van der Waals surface area contributed by atoms with Crippen LogP contribution in [0.3, 0.4) is 0 Å². The van der Waals surface area contributed by atoms with Crippen molar-refractivity contribution in [1.82, 2.24) is 0 Å². The molecule has 2 amide bonds. The standard InChI is InChI=1S/C27H25N3O6/c1-3-35-25-15-18(14-19(16-28)27(33)29-20-9-11-21(31)12-10-20)8-13-24(25)36-17-26(32)30-22-6-4-5-7-23(22)34-2/h4-15,31H,3,17H2,1-2H3,(H,29,33)(H,30,32). The smallest absolute Gasteiger partial charge is 0.266 e. The number of rotatable bonds is 10. The molecule has 0 radical (unpaired) electrons. The first-order valence-corrected chi connectivity index (χ1v) is 11.0. The molecular weight excluding hydrogens is 462 g/mol. The van der Waals surface area contributed by atoms with E-state index in [0.29, 0.717) is 40.8 Å². The molecule has 9 heteroatoms. The number of aromatic hydroxyl groups is 1. The molecule has 0 fully saturated rings. The Balaban J connectivity index is 1.71. The van der Waals surface area contributed by atoms with Crippen molar-refractivity contribution in [3.05, 3.63) is 77.9 Å². The molecule has 3 rings (SSSR count). The number of phenols is 1. The maximum Gasteiger partial charge on any atom is 0.266 e. The van der Waals surface area contributed by atoms with Crippen LogP contribution in [0, 0.1) is 11.3 Å². The first-order valence-electron chi connectivity index (χ1n) is 11.0. The van der Waals surface area contributed by atoms with Crippen molar-refractivity contribution in [1.29, 1.82) is 5.26 Å². The van der Waals surface area contributed by atoms with Crippen LogP contribution < -0.4 is 24.8 Å². The summed E-state index contributed by atoms with van der Waals surface area (Å²) in [6.07, 6.45) is 1.41. The van der Waals surface area contributed by atoms with Crippen LogP contribution in [0.4, 0.5) is 11.4 Å². The van der Waals surface area contributed by atoms with Crippen molar-refractivity contribution in [3.63, 3.8) is 0 Å². The Bertz CT molecular complexity index is 1300. The van der Waals surface area contributed by atoms with Crippen LogP contribution in [0.15, 0.2) is 72.3 Å². The van der Waals surface area contributed by atoms with E-state index < -0.39 is 5.91 Å². The summed E-state index contributed by atoms with van der Waals surface area (Å²) >= 11 is 0. The third-order valence-electron chi connectivity index (χ3n) is 4.81. The molecule has 0 aliphatic carbocycles. The van der Waals surface area contributed by atoms with Crippen LogP contribution in [0.1, 0.15) is 12.5 Å². The Morgan fingerprint density at radius 2 is 1.72 bits per heavy atom. The number of ether oxygens (including phenoxy) is 3. The Hall–Kier alpha value is -4.97. The first kappa shape index (κ1) is 25.6. The summed E-state index contributed by atoms with van der Waals surface area (Å²) in [6.45, 7) is 1.86. The van der Waals surface area contributed by atoms with Gasteiger partial charge >= 0.3 is 0 Å². The second kappa shape index (κ2) is 12.5. The van der Waals surface area contributed by atoms with Gasteiger partial charge in [0.05, 0.1) is 19.4 Å². The number of hydrogen-bond donors (Lipinski definition) is 3. The number of hydrogen-bond acceptors (Lipinski definition) is 7. The van der Waals surface area contributed by atoms with Gasteiger partial charge < -0.3 is 30.0 Å². The second-order valence-corrected chi connectivity index (χ2v) is 7.35. The summed E-state index contributed by atoms with van der Waals surface area (Å²) in [7, 11) is 1.51. The van der Waals surface area contributed by atoms with Gasteiger partial charge in [-0.3, -0.25) is 9.59 Å². The van der Waals surface area contributed by atoms with Gasteiger partial charge in [-0.1, -0.05) is 18.2 Å². The van der Waals surface area contributed by atoms with Crippen LogP contribution in [-0.2, 0) is 9.59 Å². The molecule has 0 aromatic heterocycles. The molecule has 0 aliphatic heterocycles. The summed E-state index contributed by atoms with van der Waals surface area (Å²) in [5.74, 6) is 0.286. The molecule has 0 aliphatic rings. The van der Waals surface area contributed by atoms with Crippen molar-refractivity contribution in [2.45, 2.75) is 6.92 Å². The highest BCUT2D eigenvalue weighted by molar-refractivity contribution is 6.09. The minimum absolute atomic E-state index is 0.0621. The number of nitrogens with zero attached hydrogens (tertiary/aromatic N) is 1. The van der Waals surface area contributed by atoms with Crippen LogP contribution in [0.2, 0.25) is 0 Å². The minimum Gasteiger partial charge on any atom is -0.508 e. The number of anilines is 2. The molecule has 0 heterocycles. The monoisotopic (exact) mass is 487 g/mol. The third kappa shape index (κ3) is 7.01. The number of amides is 2. The van der Waals surface area contributed by atoms with E-state index in [1.54, 1.807) is 49.4 Å². The largest absolute Gasteiger partial charge is 0.508 e. The van der Waals surface area contributed by atoms with Crippen molar-refractivity contribution in [3.8, 4) is 29.1 Å². The fraction of sp³-hybridized carbons (Fsp3) is 0.148. The Morgan fingerprint density at radius 3 is 2.42 bits per heavy atom. The highest BCUT2D eigenvalue weighted by atomic mass is 16.5. The van der Waals surface area contributed by atoms with Gasteiger partial charge in [0.1, 0.15) is 23.1 Å². The number of para-hydroxylation sites is 2. The topological polar surface area (TPSA) is 130 Å². The van der Waals surface area contributed by atoms with E-state index in [4.69, 9.17) is 14.2 Å². The number of nitrogens with one attached hydrogen (secondary N) is 2. The summed E-state index contributed by atoms with van der Waals surface area (Å²) < 4.78 is 16.5. The molecular formula is C27H25N3O6. The molecule has 9 nitrogen and oxygen atoms in total.